The SMILES string of the molecule is CNc1nc(C)cc(Nc2cc(F)ccc2Cl)n1. The molecule has 0 saturated carbocycles. The molecule has 2 rings (SSSR count). The monoisotopic (exact) mass is 266 g/mol. The number of benzene rings is 1. The van der Waals surface area contributed by atoms with Crippen molar-refractivity contribution in [3.8, 4) is 0 Å². The van der Waals surface area contributed by atoms with Crippen LogP contribution in [-0.4, -0.2) is 17.0 Å². The average Bonchev–Trinajstić information content (AvgIpc) is 2.33. The molecule has 0 aliphatic carbocycles. The predicted octanol–water partition coefficient (Wildman–Crippen LogP) is 3.36. The van der Waals surface area contributed by atoms with Crippen molar-refractivity contribution in [3.63, 3.8) is 0 Å². The molecule has 0 amide bonds. The number of nitrogens with one attached hydrogen (secondary N) is 2. The van der Waals surface area contributed by atoms with Gasteiger partial charge in [0.2, 0.25) is 5.95 Å². The number of halogens is 2. The molecule has 18 heavy (non-hydrogen) atoms. The van der Waals surface area contributed by atoms with Gasteiger partial charge in [-0.05, 0) is 25.1 Å². The van der Waals surface area contributed by atoms with E-state index in [0.29, 0.717) is 22.5 Å². The molecule has 4 nitrogen and oxygen atoms in total. The fraction of sp³-hybridized carbons (Fsp3) is 0.167. The summed E-state index contributed by atoms with van der Waals surface area (Å²) in [5.74, 6) is 0.686. The van der Waals surface area contributed by atoms with E-state index in [0.717, 1.165) is 5.69 Å². The molecule has 0 radical (unpaired) electrons. The molecule has 1 aromatic heterocycles. The average molecular weight is 267 g/mol. The first-order valence-corrected chi connectivity index (χ1v) is 5.72. The lowest BCUT2D eigenvalue weighted by molar-refractivity contribution is 0.628. The summed E-state index contributed by atoms with van der Waals surface area (Å²) in [5, 5.41) is 6.25. The van der Waals surface area contributed by atoms with Crippen molar-refractivity contribution < 1.29 is 4.39 Å². The smallest absolute Gasteiger partial charge is 0.224 e. The van der Waals surface area contributed by atoms with E-state index in [1.165, 1.54) is 18.2 Å². The van der Waals surface area contributed by atoms with Crippen molar-refractivity contribution in [1.29, 1.82) is 0 Å². The van der Waals surface area contributed by atoms with Crippen LogP contribution in [0.3, 0.4) is 0 Å². The van der Waals surface area contributed by atoms with Gasteiger partial charge in [-0.15, -0.1) is 0 Å². The number of rotatable bonds is 3. The van der Waals surface area contributed by atoms with Crippen molar-refractivity contribution >= 4 is 29.1 Å². The number of nitrogens with zero attached hydrogens (tertiary/aromatic N) is 2. The first-order chi connectivity index (χ1) is 8.58. The van der Waals surface area contributed by atoms with Crippen molar-refractivity contribution in [2.45, 2.75) is 6.92 Å². The number of hydrogen-bond acceptors (Lipinski definition) is 4. The zero-order valence-electron chi connectivity index (χ0n) is 9.96. The quantitative estimate of drug-likeness (QED) is 0.894. The third-order valence-corrected chi connectivity index (χ3v) is 2.60. The van der Waals surface area contributed by atoms with Crippen molar-refractivity contribution in [2.75, 3.05) is 17.7 Å². The van der Waals surface area contributed by atoms with Gasteiger partial charge in [-0.3, -0.25) is 0 Å². The molecule has 94 valence electrons. The first kappa shape index (κ1) is 12.6. The Morgan fingerprint density at radius 1 is 1.22 bits per heavy atom. The first-order valence-electron chi connectivity index (χ1n) is 5.34. The van der Waals surface area contributed by atoms with Crippen LogP contribution in [0.25, 0.3) is 0 Å². The van der Waals surface area contributed by atoms with E-state index in [9.17, 15) is 4.39 Å². The van der Waals surface area contributed by atoms with Gasteiger partial charge in [-0.2, -0.15) is 4.98 Å². The Kier molecular flexibility index (Phi) is 3.62. The molecule has 0 spiro atoms. The van der Waals surface area contributed by atoms with Crippen LogP contribution in [0.4, 0.5) is 21.8 Å². The van der Waals surface area contributed by atoms with Gasteiger partial charge < -0.3 is 10.6 Å². The fourth-order valence-electron chi connectivity index (χ4n) is 1.48. The highest BCUT2D eigenvalue weighted by Crippen LogP contribution is 2.25. The molecule has 1 heterocycles. The van der Waals surface area contributed by atoms with E-state index in [-0.39, 0.29) is 5.82 Å². The second-order valence-corrected chi connectivity index (χ2v) is 4.12. The van der Waals surface area contributed by atoms with E-state index < -0.39 is 0 Å². The van der Waals surface area contributed by atoms with Crippen LogP contribution in [0.2, 0.25) is 5.02 Å². The molecule has 0 atom stereocenters. The van der Waals surface area contributed by atoms with Crippen LogP contribution in [0.15, 0.2) is 24.3 Å². The second-order valence-electron chi connectivity index (χ2n) is 3.72. The maximum absolute atomic E-state index is 13.1. The molecule has 6 heteroatoms. The Balaban J connectivity index is 2.33. The Hall–Kier alpha value is -1.88. The van der Waals surface area contributed by atoms with Gasteiger partial charge in [0.15, 0.2) is 0 Å². The van der Waals surface area contributed by atoms with Crippen LogP contribution in [0.5, 0.6) is 0 Å². The summed E-state index contributed by atoms with van der Waals surface area (Å²) in [6.45, 7) is 1.85. The topological polar surface area (TPSA) is 49.8 Å². The van der Waals surface area contributed by atoms with Gasteiger partial charge in [0.05, 0.1) is 10.7 Å². The zero-order chi connectivity index (χ0) is 13.1. The lowest BCUT2D eigenvalue weighted by atomic mass is 10.3. The predicted molar refractivity (Wildman–Crippen MR) is 71.0 cm³/mol. The molecule has 0 saturated heterocycles. The van der Waals surface area contributed by atoms with Gasteiger partial charge in [0.1, 0.15) is 11.6 Å². The number of aryl methyl sites for hydroxylation is 1. The van der Waals surface area contributed by atoms with Gasteiger partial charge >= 0.3 is 0 Å². The second kappa shape index (κ2) is 5.18. The third kappa shape index (κ3) is 2.87. The molecule has 0 bridgehead atoms. The van der Waals surface area contributed by atoms with Crippen molar-refractivity contribution in [3.05, 3.63) is 40.8 Å². The highest BCUT2D eigenvalue weighted by atomic mass is 35.5. The van der Waals surface area contributed by atoms with Crippen LogP contribution in [-0.2, 0) is 0 Å². The minimum atomic E-state index is -0.360. The Morgan fingerprint density at radius 3 is 2.72 bits per heavy atom. The fourth-order valence-corrected chi connectivity index (χ4v) is 1.64. The van der Waals surface area contributed by atoms with E-state index >= 15 is 0 Å². The Bertz CT molecular complexity index is 574. The minimum Gasteiger partial charge on any atom is -0.357 e. The van der Waals surface area contributed by atoms with Gasteiger partial charge in [0.25, 0.3) is 0 Å². The van der Waals surface area contributed by atoms with Crippen LogP contribution in [0, 0.1) is 12.7 Å². The molecular formula is C12H12ClFN4. The number of aromatic nitrogens is 2. The summed E-state index contributed by atoms with van der Waals surface area (Å²) in [6.07, 6.45) is 0. The minimum absolute atomic E-state index is 0.360. The number of anilines is 3. The lowest BCUT2D eigenvalue weighted by Gasteiger charge is -2.09. The van der Waals surface area contributed by atoms with E-state index in [1.807, 2.05) is 6.92 Å². The summed E-state index contributed by atoms with van der Waals surface area (Å²) in [5.41, 5.74) is 1.26. The summed E-state index contributed by atoms with van der Waals surface area (Å²) >= 11 is 5.97. The highest BCUT2D eigenvalue weighted by molar-refractivity contribution is 6.33. The van der Waals surface area contributed by atoms with Crippen LogP contribution < -0.4 is 10.6 Å². The number of hydrogen-bond donors (Lipinski definition) is 2. The van der Waals surface area contributed by atoms with Crippen molar-refractivity contribution in [2.24, 2.45) is 0 Å². The van der Waals surface area contributed by atoms with E-state index in [2.05, 4.69) is 20.6 Å². The van der Waals surface area contributed by atoms with Gasteiger partial charge in [-0.1, -0.05) is 11.6 Å². The highest BCUT2D eigenvalue weighted by Gasteiger charge is 2.05. The molecule has 2 aromatic rings. The summed E-state index contributed by atoms with van der Waals surface area (Å²) in [6, 6.07) is 5.87. The molecular weight excluding hydrogens is 255 g/mol. The molecule has 0 aliphatic rings. The summed E-state index contributed by atoms with van der Waals surface area (Å²) < 4.78 is 13.1. The lowest BCUT2D eigenvalue weighted by Crippen LogP contribution is -2.02. The van der Waals surface area contributed by atoms with Crippen LogP contribution >= 0.6 is 11.6 Å². The standard InChI is InChI=1S/C12H12ClFN4/c1-7-5-11(18-12(15-2)16-7)17-10-6-8(14)3-4-9(10)13/h3-6H,1-2H3,(H2,15,16,17,18). The van der Waals surface area contributed by atoms with Gasteiger partial charge in [0, 0.05) is 18.8 Å². The summed E-state index contributed by atoms with van der Waals surface area (Å²) in [7, 11) is 1.73. The molecule has 2 N–H and O–H groups in total. The Morgan fingerprint density at radius 2 is 2.00 bits per heavy atom. The maximum Gasteiger partial charge on any atom is 0.224 e. The van der Waals surface area contributed by atoms with Gasteiger partial charge in [-0.25, -0.2) is 9.37 Å². The maximum atomic E-state index is 13.1. The largest absolute Gasteiger partial charge is 0.357 e. The molecule has 0 unspecified atom stereocenters. The third-order valence-electron chi connectivity index (χ3n) is 2.27. The molecule has 0 aliphatic heterocycles. The summed E-state index contributed by atoms with van der Waals surface area (Å²) in [4.78, 5) is 8.37. The zero-order valence-corrected chi connectivity index (χ0v) is 10.7. The van der Waals surface area contributed by atoms with E-state index in [1.54, 1.807) is 13.1 Å². The molecule has 0 fully saturated rings. The van der Waals surface area contributed by atoms with Crippen LogP contribution in [0.1, 0.15) is 5.69 Å². The van der Waals surface area contributed by atoms with Crippen molar-refractivity contribution in [1.82, 2.24) is 9.97 Å². The normalized spacial score (nSPS) is 10.2. The Labute approximate surface area is 109 Å². The molecule has 1 aromatic carbocycles. The van der Waals surface area contributed by atoms with E-state index in [4.69, 9.17) is 11.6 Å².